The van der Waals surface area contributed by atoms with Gasteiger partial charge in [-0.25, -0.2) is 13.1 Å². The lowest BCUT2D eigenvalue weighted by Gasteiger charge is -2.12. The number of hydrogen-bond acceptors (Lipinski definition) is 5. The molecule has 3 N–H and O–H groups in total. The van der Waals surface area contributed by atoms with Crippen LogP contribution in [0.5, 0.6) is 0 Å². The van der Waals surface area contributed by atoms with Crippen molar-refractivity contribution >= 4 is 27.5 Å². The van der Waals surface area contributed by atoms with E-state index >= 15 is 0 Å². The Labute approximate surface area is 180 Å². The Hall–Kier alpha value is -3.56. The van der Waals surface area contributed by atoms with Gasteiger partial charge in [-0.05, 0) is 29.8 Å². The minimum Gasteiger partial charge on any atom is -0.348 e. The number of pyridine rings is 1. The fraction of sp³-hybridized carbons (Fsp3) is 0.136. The average molecular weight is 439 g/mol. The number of aromatic nitrogens is 1. The van der Waals surface area contributed by atoms with Crippen molar-refractivity contribution in [3.05, 3.63) is 90.3 Å². The fourth-order valence-electron chi connectivity index (χ4n) is 2.76. The molecule has 0 saturated carbocycles. The van der Waals surface area contributed by atoms with Crippen molar-refractivity contribution in [1.29, 1.82) is 0 Å². The molecule has 31 heavy (non-hydrogen) atoms. The summed E-state index contributed by atoms with van der Waals surface area (Å²) in [6.07, 6.45) is 2.60. The zero-order valence-electron chi connectivity index (χ0n) is 16.6. The molecule has 0 radical (unpaired) electrons. The van der Waals surface area contributed by atoms with Crippen molar-refractivity contribution in [3.8, 4) is 0 Å². The van der Waals surface area contributed by atoms with Crippen LogP contribution in [-0.2, 0) is 21.4 Å². The number of nitrogens with one attached hydrogen (secondary N) is 3. The molecule has 1 aromatic heterocycles. The Morgan fingerprint density at radius 2 is 1.65 bits per heavy atom. The van der Waals surface area contributed by atoms with Crippen LogP contribution in [-0.4, -0.2) is 31.8 Å². The molecule has 0 unspecified atom stereocenters. The molecule has 9 heteroatoms. The Bertz CT molecular complexity index is 1140. The van der Waals surface area contributed by atoms with Gasteiger partial charge < -0.3 is 10.6 Å². The Kier molecular flexibility index (Phi) is 7.47. The zero-order chi connectivity index (χ0) is 22.1. The van der Waals surface area contributed by atoms with Gasteiger partial charge in [0.15, 0.2) is 0 Å². The van der Waals surface area contributed by atoms with Gasteiger partial charge in [-0.15, -0.1) is 0 Å². The smallest absolute Gasteiger partial charge is 0.253 e. The van der Waals surface area contributed by atoms with Gasteiger partial charge in [0, 0.05) is 31.9 Å². The van der Waals surface area contributed by atoms with Crippen molar-refractivity contribution in [2.75, 3.05) is 11.9 Å². The van der Waals surface area contributed by atoms with Gasteiger partial charge in [-0.3, -0.25) is 14.6 Å². The Morgan fingerprint density at radius 3 is 2.39 bits per heavy atom. The molecule has 2 aromatic carbocycles. The number of hydrogen-bond donors (Lipinski definition) is 3. The summed E-state index contributed by atoms with van der Waals surface area (Å²) in [5.41, 5.74) is 1.63. The van der Waals surface area contributed by atoms with E-state index < -0.39 is 15.9 Å². The third kappa shape index (κ3) is 6.46. The molecule has 0 aliphatic carbocycles. The number of carbonyl (C=O) groups excluding carboxylic acids is 2. The van der Waals surface area contributed by atoms with Crippen LogP contribution < -0.4 is 15.4 Å². The van der Waals surface area contributed by atoms with Crippen molar-refractivity contribution in [2.45, 2.75) is 17.9 Å². The predicted octanol–water partition coefficient (Wildman–Crippen LogP) is 2.32. The molecule has 0 aliphatic rings. The second kappa shape index (κ2) is 10.5. The summed E-state index contributed by atoms with van der Waals surface area (Å²) >= 11 is 0. The van der Waals surface area contributed by atoms with Crippen molar-refractivity contribution in [1.82, 2.24) is 15.0 Å². The number of para-hydroxylation sites is 1. The highest BCUT2D eigenvalue weighted by Crippen LogP contribution is 2.15. The number of nitrogens with zero attached hydrogens (tertiary/aromatic N) is 1. The zero-order valence-corrected chi connectivity index (χ0v) is 17.4. The van der Waals surface area contributed by atoms with E-state index in [4.69, 9.17) is 0 Å². The SMILES string of the molecule is O=C(CCNS(=O)(=O)c1cccnc1)Nc1ccccc1C(=O)NCc1ccccc1. The van der Waals surface area contributed by atoms with Crippen LogP contribution >= 0.6 is 0 Å². The van der Waals surface area contributed by atoms with E-state index in [2.05, 4.69) is 20.3 Å². The first-order valence-electron chi connectivity index (χ1n) is 9.56. The molecule has 8 nitrogen and oxygen atoms in total. The maximum absolute atomic E-state index is 12.6. The van der Waals surface area contributed by atoms with Crippen LogP contribution in [0.4, 0.5) is 5.69 Å². The van der Waals surface area contributed by atoms with Crippen LogP contribution in [0.1, 0.15) is 22.3 Å². The van der Waals surface area contributed by atoms with E-state index in [0.717, 1.165) is 5.56 Å². The van der Waals surface area contributed by atoms with Gasteiger partial charge in [0.2, 0.25) is 15.9 Å². The van der Waals surface area contributed by atoms with E-state index in [0.29, 0.717) is 17.8 Å². The summed E-state index contributed by atoms with van der Waals surface area (Å²) in [6.45, 7) is 0.267. The van der Waals surface area contributed by atoms with Crippen LogP contribution in [0.15, 0.2) is 84.0 Å². The molecule has 2 amide bonds. The van der Waals surface area contributed by atoms with Crippen molar-refractivity contribution in [2.24, 2.45) is 0 Å². The highest BCUT2D eigenvalue weighted by Gasteiger charge is 2.16. The minimum atomic E-state index is -3.74. The van der Waals surface area contributed by atoms with Gasteiger partial charge in [0.1, 0.15) is 4.90 Å². The lowest BCUT2D eigenvalue weighted by Crippen LogP contribution is -2.28. The monoisotopic (exact) mass is 438 g/mol. The molecular formula is C22H22N4O4S. The highest BCUT2D eigenvalue weighted by atomic mass is 32.2. The van der Waals surface area contributed by atoms with E-state index in [1.165, 1.54) is 24.5 Å². The highest BCUT2D eigenvalue weighted by molar-refractivity contribution is 7.89. The van der Waals surface area contributed by atoms with Crippen LogP contribution in [0.25, 0.3) is 0 Å². The second-order valence-electron chi connectivity index (χ2n) is 6.60. The first kappa shape index (κ1) is 22.1. The molecule has 0 saturated heterocycles. The first-order chi connectivity index (χ1) is 15.0. The predicted molar refractivity (Wildman–Crippen MR) is 117 cm³/mol. The number of anilines is 1. The maximum atomic E-state index is 12.6. The number of sulfonamides is 1. The van der Waals surface area contributed by atoms with Gasteiger partial charge in [-0.2, -0.15) is 0 Å². The van der Waals surface area contributed by atoms with Crippen molar-refractivity contribution < 1.29 is 18.0 Å². The van der Waals surface area contributed by atoms with E-state index in [1.807, 2.05) is 30.3 Å². The summed E-state index contributed by atoms with van der Waals surface area (Å²) < 4.78 is 26.7. The molecule has 0 fully saturated rings. The summed E-state index contributed by atoms with van der Waals surface area (Å²) in [7, 11) is -3.74. The number of benzene rings is 2. The van der Waals surface area contributed by atoms with Gasteiger partial charge in [0.25, 0.3) is 5.91 Å². The topological polar surface area (TPSA) is 117 Å². The molecule has 0 bridgehead atoms. The Balaban J connectivity index is 1.55. The normalized spacial score (nSPS) is 11.0. The fourth-order valence-corrected chi connectivity index (χ4v) is 3.76. The lowest BCUT2D eigenvalue weighted by atomic mass is 10.1. The third-order valence-corrected chi connectivity index (χ3v) is 5.78. The van der Waals surface area contributed by atoms with E-state index in [1.54, 1.807) is 24.3 Å². The quantitative estimate of drug-likeness (QED) is 0.474. The molecule has 0 aliphatic heterocycles. The summed E-state index contributed by atoms with van der Waals surface area (Å²) in [5, 5.41) is 5.49. The number of rotatable bonds is 9. The molecule has 1 heterocycles. The van der Waals surface area contributed by atoms with Crippen LogP contribution in [0, 0.1) is 0 Å². The van der Waals surface area contributed by atoms with Gasteiger partial charge >= 0.3 is 0 Å². The average Bonchev–Trinajstić information content (AvgIpc) is 2.79. The summed E-state index contributed by atoms with van der Waals surface area (Å²) in [5.74, 6) is -0.741. The molecular weight excluding hydrogens is 416 g/mol. The molecule has 3 rings (SSSR count). The second-order valence-corrected chi connectivity index (χ2v) is 8.37. The number of carbonyl (C=O) groups is 2. The van der Waals surface area contributed by atoms with E-state index in [9.17, 15) is 18.0 Å². The van der Waals surface area contributed by atoms with Gasteiger partial charge in [-0.1, -0.05) is 42.5 Å². The maximum Gasteiger partial charge on any atom is 0.253 e. The molecule has 160 valence electrons. The van der Waals surface area contributed by atoms with Crippen LogP contribution in [0.3, 0.4) is 0 Å². The van der Waals surface area contributed by atoms with Crippen LogP contribution in [0.2, 0.25) is 0 Å². The number of amides is 2. The first-order valence-corrected chi connectivity index (χ1v) is 11.0. The molecule has 0 spiro atoms. The summed E-state index contributed by atoms with van der Waals surface area (Å²) in [4.78, 5) is 28.7. The lowest BCUT2D eigenvalue weighted by molar-refractivity contribution is -0.116. The van der Waals surface area contributed by atoms with Gasteiger partial charge in [0.05, 0.1) is 11.3 Å². The molecule has 3 aromatic rings. The van der Waals surface area contributed by atoms with E-state index in [-0.39, 0.29) is 23.8 Å². The van der Waals surface area contributed by atoms with Crippen molar-refractivity contribution in [3.63, 3.8) is 0 Å². The largest absolute Gasteiger partial charge is 0.348 e. The molecule has 0 atom stereocenters. The Morgan fingerprint density at radius 1 is 0.903 bits per heavy atom. The summed E-state index contributed by atoms with van der Waals surface area (Å²) in [6, 6.07) is 19.0. The standard InChI is InChI=1S/C22H22N4O4S/c27-21(12-14-25-31(29,30)18-9-6-13-23-16-18)26-20-11-5-4-10-19(20)22(28)24-15-17-7-2-1-3-8-17/h1-11,13,16,25H,12,14-15H2,(H,24,28)(H,26,27). The third-order valence-electron chi connectivity index (χ3n) is 4.33. The minimum absolute atomic E-state index is 0.0239.